The number of unbranched alkanes of at least 4 members (excludes halogenated alkanes) is 1. The van der Waals surface area contributed by atoms with Crippen LogP contribution >= 0.6 is 0 Å². The van der Waals surface area contributed by atoms with Gasteiger partial charge in [0.25, 0.3) is 0 Å². The lowest BCUT2D eigenvalue weighted by Crippen LogP contribution is -2.35. The SMILES string of the molecule is CCCCOC(=O)NC(C(=O)OC)c1ccccc1. The standard InChI is InChI=1S/C14H19NO4/c1-3-4-10-19-14(17)15-12(13(16)18-2)11-8-6-5-7-9-11/h5-9,12H,3-4,10H2,1-2H3,(H,15,17). The first-order chi connectivity index (χ1) is 9.19. The van der Waals surface area contributed by atoms with Crippen LogP contribution in [0.15, 0.2) is 30.3 Å². The van der Waals surface area contributed by atoms with Gasteiger partial charge in [-0.3, -0.25) is 0 Å². The van der Waals surface area contributed by atoms with E-state index in [2.05, 4.69) is 10.1 Å². The molecule has 1 aromatic carbocycles. The summed E-state index contributed by atoms with van der Waals surface area (Å²) >= 11 is 0. The molecule has 1 N–H and O–H groups in total. The Bertz CT molecular complexity index is 405. The Kier molecular flexibility index (Phi) is 6.43. The number of ether oxygens (including phenoxy) is 2. The molecule has 5 heteroatoms. The van der Waals surface area contributed by atoms with Crippen LogP contribution in [0.2, 0.25) is 0 Å². The highest BCUT2D eigenvalue weighted by molar-refractivity contribution is 5.82. The van der Waals surface area contributed by atoms with Crippen molar-refractivity contribution in [3.05, 3.63) is 35.9 Å². The maximum atomic E-state index is 11.7. The number of carbonyl (C=O) groups excluding carboxylic acids is 2. The number of carbonyl (C=O) groups is 2. The maximum absolute atomic E-state index is 11.7. The van der Waals surface area contributed by atoms with Crippen LogP contribution in [0.3, 0.4) is 0 Å². The van der Waals surface area contributed by atoms with Crippen molar-refractivity contribution in [2.75, 3.05) is 13.7 Å². The second-order valence-electron chi connectivity index (χ2n) is 4.00. The van der Waals surface area contributed by atoms with Crippen molar-refractivity contribution in [1.82, 2.24) is 5.32 Å². The van der Waals surface area contributed by atoms with Crippen molar-refractivity contribution in [3.63, 3.8) is 0 Å². The van der Waals surface area contributed by atoms with Crippen LogP contribution < -0.4 is 5.32 Å². The molecule has 1 atom stereocenters. The first kappa shape index (κ1) is 15.0. The average Bonchev–Trinajstić information content (AvgIpc) is 2.45. The van der Waals surface area contributed by atoms with Crippen molar-refractivity contribution in [3.8, 4) is 0 Å². The Morgan fingerprint density at radius 3 is 2.53 bits per heavy atom. The molecule has 0 saturated heterocycles. The number of benzene rings is 1. The van der Waals surface area contributed by atoms with Gasteiger partial charge in [0, 0.05) is 0 Å². The third-order valence-corrected chi connectivity index (χ3v) is 2.56. The van der Waals surface area contributed by atoms with Crippen molar-refractivity contribution in [1.29, 1.82) is 0 Å². The van der Waals surface area contributed by atoms with E-state index in [-0.39, 0.29) is 0 Å². The average molecular weight is 265 g/mol. The van der Waals surface area contributed by atoms with Crippen LogP contribution in [0.4, 0.5) is 4.79 Å². The van der Waals surface area contributed by atoms with Gasteiger partial charge in [-0.2, -0.15) is 0 Å². The molecule has 1 amide bonds. The van der Waals surface area contributed by atoms with E-state index in [0.29, 0.717) is 12.2 Å². The van der Waals surface area contributed by atoms with Gasteiger partial charge in [0.05, 0.1) is 13.7 Å². The van der Waals surface area contributed by atoms with E-state index in [4.69, 9.17) is 4.74 Å². The molecule has 0 bridgehead atoms. The molecule has 1 aromatic rings. The van der Waals surface area contributed by atoms with Crippen LogP contribution in [-0.4, -0.2) is 25.8 Å². The summed E-state index contributed by atoms with van der Waals surface area (Å²) in [5.41, 5.74) is 0.654. The zero-order chi connectivity index (χ0) is 14.1. The molecule has 0 spiro atoms. The Morgan fingerprint density at radius 2 is 1.95 bits per heavy atom. The zero-order valence-corrected chi connectivity index (χ0v) is 11.2. The van der Waals surface area contributed by atoms with Gasteiger partial charge in [-0.25, -0.2) is 9.59 Å². The summed E-state index contributed by atoms with van der Waals surface area (Å²) in [5, 5.41) is 2.51. The minimum absolute atomic E-state index is 0.338. The number of nitrogens with one attached hydrogen (secondary N) is 1. The van der Waals surface area contributed by atoms with Crippen LogP contribution in [-0.2, 0) is 14.3 Å². The second kappa shape index (κ2) is 8.13. The molecule has 104 valence electrons. The Labute approximate surface area is 112 Å². The lowest BCUT2D eigenvalue weighted by atomic mass is 10.1. The van der Waals surface area contributed by atoms with Crippen molar-refractivity contribution in [2.45, 2.75) is 25.8 Å². The predicted octanol–water partition coefficient (Wildman–Crippen LogP) is 2.43. The monoisotopic (exact) mass is 265 g/mol. The molecule has 19 heavy (non-hydrogen) atoms. The fraction of sp³-hybridized carbons (Fsp3) is 0.429. The molecular formula is C14H19NO4. The van der Waals surface area contributed by atoms with E-state index in [0.717, 1.165) is 12.8 Å². The third-order valence-electron chi connectivity index (χ3n) is 2.56. The number of amides is 1. The first-order valence-corrected chi connectivity index (χ1v) is 6.25. The molecule has 1 rings (SSSR count). The van der Waals surface area contributed by atoms with Gasteiger partial charge in [-0.1, -0.05) is 43.7 Å². The largest absolute Gasteiger partial charge is 0.467 e. The van der Waals surface area contributed by atoms with Crippen molar-refractivity contribution >= 4 is 12.1 Å². The molecule has 5 nitrogen and oxygen atoms in total. The number of esters is 1. The summed E-state index contributed by atoms with van der Waals surface area (Å²) < 4.78 is 9.66. The summed E-state index contributed by atoms with van der Waals surface area (Å²) in [7, 11) is 1.28. The van der Waals surface area contributed by atoms with E-state index in [1.165, 1.54) is 7.11 Å². The molecule has 0 aliphatic rings. The van der Waals surface area contributed by atoms with Crippen LogP contribution in [0, 0.1) is 0 Å². The van der Waals surface area contributed by atoms with Gasteiger partial charge in [0.15, 0.2) is 6.04 Å². The van der Waals surface area contributed by atoms with Crippen LogP contribution in [0.1, 0.15) is 31.4 Å². The topological polar surface area (TPSA) is 64.6 Å². The lowest BCUT2D eigenvalue weighted by molar-refractivity contribution is -0.143. The van der Waals surface area contributed by atoms with Crippen LogP contribution in [0.5, 0.6) is 0 Å². The predicted molar refractivity (Wildman–Crippen MR) is 70.6 cm³/mol. The lowest BCUT2D eigenvalue weighted by Gasteiger charge is -2.16. The molecule has 0 aromatic heterocycles. The first-order valence-electron chi connectivity index (χ1n) is 6.25. The van der Waals surface area contributed by atoms with Gasteiger partial charge >= 0.3 is 12.1 Å². The minimum atomic E-state index is -0.847. The van der Waals surface area contributed by atoms with Gasteiger partial charge in [-0.15, -0.1) is 0 Å². The molecule has 0 radical (unpaired) electrons. The number of alkyl carbamates (subject to hydrolysis) is 1. The highest BCUT2D eigenvalue weighted by Gasteiger charge is 2.23. The van der Waals surface area contributed by atoms with E-state index >= 15 is 0 Å². The Morgan fingerprint density at radius 1 is 1.26 bits per heavy atom. The van der Waals surface area contributed by atoms with Crippen molar-refractivity contribution < 1.29 is 19.1 Å². The molecule has 0 saturated carbocycles. The van der Waals surface area contributed by atoms with Gasteiger partial charge in [-0.05, 0) is 12.0 Å². The second-order valence-corrected chi connectivity index (χ2v) is 4.00. The van der Waals surface area contributed by atoms with Crippen molar-refractivity contribution in [2.24, 2.45) is 0 Å². The zero-order valence-electron chi connectivity index (χ0n) is 11.2. The number of methoxy groups -OCH3 is 1. The van der Waals surface area contributed by atoms with E-state index in [1.807, 2.05) is 13.0 Å². The smallest absolute Gasteiger partial charge is 0.408 e. The number of hydrogen-bond donors (Lipinski definition) is 1. The molecule has 0 fully saturated rings. The molecule has 0 aliphatic carbocycles. The molecule has 0 heterocycles. The fourth-order valence-corrected chi connectivity index (χ4v) is 1.51. The van der Waals surface area contributed by atoms with E-state index < -0.39 is 18.1 Å². The number of hydrogen-bond acceptors (Lipinski definition) is 4. The summed E-state index contributed by atoms with van der Waals surface area (Å²) in [6.45, 7) is 2.34. The fourth-order valence-electron chi connectivity index (χ4n) is 1.51. The maximum Gasteiger partial charge on any atom is 0.408 e. The van der Waals surface area contributed by atoms with E-state index in [9.17, 15) is 9.59 Å². The summed E-state index contributed by atoms with van der Waals surface area (Å²) in [4.78, 5) is 23.3. The minimum Gasteiger partial charge on any atom is -0.467 e. The van der Waals surface area contributed by atoms with E-state index in [1.54, 1.807) is 24.3 Å². The molecule has 0 aliphatic heterocycles. The summed E-state index contributed by atoms with van der Waals surface area (Å²) in [6.07, 6.45) is 1.11. The highest BCUT2D eigenvalue weighted by atomic mass is 16.6. The van der Waals surface area contributed by atoms with Gasteiger partial charge in [0.2, 0.25) is 0 Å². The van der Waals surface area contributed by atoms with Gasteiger partial charge < -0.3 is 14.8 Å². The third kappa shape index (κ3) is 4.99. The quantitative estimate of drug-likeness (QED) is 0.633. The normalized spacial score (nSPS) is 11.5. The molecular weight excluding hydrogens is 246 g/mol. The Hall–Kier alpha value is -2.04. The highest BCUT2D eigenvalue weighted by Crippen LogP contribution is 2.14. The molecule has 1 unspecified atom stereocenters. The number of rotatable bonds is 6. The summed E-state index contributed by atoms with van der Waals surface area (Å²) in [5.74, 6) is -0.529. The Balaban J connectivity index is 2.66. The van der Waals surface area contributed by atoms with Crippen LogP contribution in [0.25, 0.3) is 0 Å². The van der Waals surface area contributed by atoms with Gasteiger partial charge in [0.1, 0.15) is 0 Å². The summed E-state index contributed by atoms with van der Waals surface area (Å²) in [6, 6.07) is 8.05.